The molecule has 0 radical (unpaired) electrons. The molecule has 0 saturated heterocycles. The molecule has 94 valence electrons. The Morgan fingerprint density at radius 1 is 1.39 bits per heavy atom. The summed E-state index contributed by atoms with van der Waals surface area (Å²) in [5, 5.41) is 5.48. The normalized spacial score (nSPS) is 22.3. The van der Waals surface area contributed by atoms with E-state index in [1.807, 2.05) is 13.1 Å². The first-order chi connectivity index (χ1) is 8.78. The van der Waals surface area contributed by atoms with Crippen LogP contribution in [0.2, 0.25) is 0 Å². The monoisotopic (exact) mass is 323 g/mol. The van der Waals surface area contributed by atoms with Crippen molar-refractivity contribution in [2.24, 2.45) is 0 Å². The van der Waals surface area contributed by atoms with Gasteiger partial charge in [0.1, 0.15) is 11.9 Å². The third-order valence-corrected chi connectivity index (χ3v) is 5.05. The highest BCUT2D eigenvalue weighted by Gasteiger charge is 2.28. The maximum absolute atomic E-state index is 6.11. The number of ether oxygens (including phenoxy) is 1. The van der Waals surface area contributed by atoms with Gasteiger partial charge in [0.25, 0.3) is 0 Å². The van der Waals surface area contributed by atoms with Crippen LogP contribution in [0.15, 0.2) is 40.2 Å². The Morgan fingerprint density at radius 2 is 2.22 bits per heavy atom. The zero-order valence-electron chi connectivity index (χ0n) is 10.0. The molecule has 0 bridgehead atoms. The minimum atomic E-state index is 0.147. The van der Waals surface area contributed by atoms with E-state index in [1.54, 1.807) is 11.3 Å². The second-order valence-corrected chi connectivity index (χ2v) is 6.25. The van der Waals surface area contributed by atoms with E-state index in [0.29, 0.717) is 6.04 Å². The fourth-order valence-corrected chi connectivity index (χ4v) is 3.85. The summed E-state index contributed by atoms with van der Waals surface area (Å²) in [6.07, 6.45) is 1.12. The molecule has 0 aliphatic carbocycles. The number of thiophene rings is 1. The summed E-state index contributed by atoms with van der Waals surface area (Å²) in [5.41, 5.74) is 1.26. The fraction of sp³-hybridized carbons (Fsp3) is 0.286. The van der Waals surface area contributed by atoms with Crippen molar-refractivity contribution in [1.82, 2.24) is 5.32 Å². The van der Waals surface area contributed by atoms with Crippen LogP contribution in [0, 0.1) is 0 Å². The minimum Gasteiger partial charge on any atom is -0.484 e. The second-order valence-electron chi connectivity index (χ2n) is 4.39. The first-order valence-electron chi connectivity index (χ1n) is 5.94. The van der Waals surface area contributed by atoms with Crippen LogP contribution in [-0.4, -0.2) is 7.05 Å². The number of halogens is 1. The molecular weight excluding hydrogens is 310 g/mol. The maximum Gasteiger partial charge on any atom is 0.135 e. The van der Waals surface area contributed by atoms with Gasteiger partial charge in [-0.25, -0.2) is 0 Å². The average molecular weight is 324 g/mol. The Labute approximate surface area is 119 Å². The topological polar surface area (TPSA) is 21.3 Å². The largest absolute Gasteiger partial charge is 0.484 e. The van der Waals surface area contributed by atoms with Crippen LogP contribution in [0.5, 0.6) is 5.75 Å². The van der Waals surface area contributed by atoms with E-state index in [-0.39, 0.29) is 6.10 Å². The van der Waals surface area contributed by atoms with Gasteiger partial charge in [-0.05, 0) is 35.1 Å². The Bertz CT molecular complexity index is 554. The summed E-state index contributed by atoms with van der Waals surface area (Å²) in [6, 6.07) is 10.8. The molecular formula is C14H14BrNOS. The standard InChI is InChI=1S/C14H14BrNOS/c1-16-11-7-13(14-6-9(15)8-18-14)17-12-5-3-2-4-10(11)12/h2-6,8,11,13,16H,7H2,1H3. The average Bonchev–Trinajstić information content (AvgIpc) is 2.84. The molecule has 1 aromatic heterocycles. The van der Waals surface area contributed by atoms with Gasteiger partial charge in [0, 0.05) is 32.8 Å². The van der Waals surface area contributed by atoms with Gasteiger partial charge in [0.2, 0.25) is 0 Å². The Hall–Kier alpha value is -0.840. The predicted molar refractivity (Wildman–Crippen MR) is 78.2 cm³/mol. The van der Waals surface area contributed by atoms with E-state index in [0.717, 1.165) is 16.6 Å². The van der Waals surface area contributed by atoms with Crippen LogP contribution < -0.4 is 10.1 Å². The van der Waals surface area contributed by atoms with Gasteiger partial charge in [-0.2, -0.15) is 0 Å². The van der Waals surface area contributed by atoms with Gasteiger partial charge in [0.05, 0.1) is 0 Å². The van der Waals surface area contributed by atoms with Gasteiger partial charge < -0.3 is 10.1 Å². The lowest BCUT2D eigenvalue weighted by molar-refractivity contribution is 0.157. The lowest BCUT2D eigenvalue weighted by atomic mass is 9.96. The van der Waals surface area contributed by atoms with Gasteiger partial charge >= 0.3 is 0 Å². The molecule has 0 amide bonds. The molecule has 4 heteroatoms. The summed E-state index contributed by atoms with van der Waals surface area (Å²) in [5.74, 6) is 0.998. The molecule has 1 aliphatic heterocycles. The van der Waals surface area contributed by atoms with Crippen LogP contribution in [0.1, 0.15) is 29.0 Å². The zero-order valence-corrected chi connectivity index (χ0v) is 12.4. The summed E-state index contributed by atoms with van der Waals surface area (Å²) in [6.45, 7) is 0. The smallest absolute Gasteiger partial charge is 0.135 e. The van der Waals surface area contributed by atoms with Crippen LogP contribution in [0.25, 0.3) is 0 Å². The molecule has 2 aromatic rings. The highest BCUT2D eigenvalue weighted by atomic mass is 79.9. The van der Waals surface area contributed by atoms with Crippen molar-refractivity contribution in [2.45, 2.75) is 18.6 Å². The quantitative estimate of drug-likeness (QED) is 0.889. The minimum absolute atomic E-state index is 0.147. The van der Waals surface area contributed by atoms with Crippen LogP contribution in [-0.2, 0) is 0 Å². The third-order valence-electron chi connectivity index (χ3n) is 3.27. The maximum atomic E-state index is 6.11. The first kappa shape index (κ1) is 12.2. The van der Waals surface area contributed by atoms with Gasteiger partial charge in [-0.3, -0.25) is 0 Å². The van der Waals surface area contributed by atoms with E-state index in [2.05, 4.69) is 50.9 Å². The van der Waals surface area contributed by atoms with Crippen molar-refractivity contribution in [3.05, 3.63) is 50.6 Å². The van der Waals surface area contributed by atoms with E-state index in [9.17, 15) is 0 Å². The number of hydrogen-bond donors (Lipinski definition) is 1. The fourth-order valence-electron chi connectivity index (χ4n) is 2.36. The van der Waals surface area contributed by atoms with Crippen molar-refractivity contribution in [1.29, 1.82) is 0 Å². The SMILES string of the molecule is CNC1CC(c2cc(Br)cs2)Oc2ccccc21. The van der Waals surface area contributed by atoms with E-state index in [4.69, 9.17) is 4.74 Å². The lowest BCUT2D eigenvalue weighted by Crippen LogP contribution is -2.26. The van der Waals surface area contributed by atoms with Gasteiger partial charge in [-0.1, -0.05) is 18.2 Å². The number of rotatable bonds is 2. The van der Waals surface area contributed by atoms with Crippen molar-refractivity contribution in [2.75, 3.05) is 7.05 Å². The molecule has 2 atom stereocenters. The lowest BCUT2D eigenvalue weighted by Gasteiger charge is -2.31. The zero-order chi connectivity index (χ0) is 12.5. The molecule has 0 fully saturated rings. The molecule has 0 saturated carbocycles. The molecule has 1 aliphatic rings. The number of fused-ring (bicyclic) bond motifs is 1. The summed E-state index contributed by atoms with van der Waals surface area (Å²) < 4.78 is 7.24. The van der Waals surface area contributed by atoms with E-state index >= 15 is 0 Å². The molecule has 1 aromatic carbocycles. The Morgan fingerprint density at radius 3 is 2.94 bits per heavy atom. The van der Waals surface area contributed by atoms with E-state index in [1.165, 1.54) is 10.4 Å². The molecule has 3 rings (SSSR count). The second kappa shape index (κ2) is 5.03. The van der Waals surface area contributed by atoms with Crippen molar-refractivity contribution in [3.8, 4) is 5.75 Å². The van der Waals surface area contributed by atoms with Crippen LogP contribution >= 0.6 is 27.3 Å². The van der Waals surface area contributed by atoms with Crippen LogP contribution in [0.4, 0.5) is 0 Å². The molecule has 18 heavy (non-hydrogen) atoms. The first-order valence-corrected chi connectivity index (χ1v) is 7.62. The predicted octanol–water partition coefficient (Wildman–Crippen LogP) is 4.29. The number of nitrogens with one attached hydrogen (secondary N) is 1. The molecule has 1 N–H and O–H groups in total. The summed E-state index contributed by atoms with van der Waals surface area (Å²) in [7, 11) is 2.01. The Kier molecular flexibility index (Phi) is 3.41. The Balaban J connectivity index is 1.94. The number of benzene rings is 1. The number of para-hydroxylation sites is 1. The van der Waals surface area contributed by atoms with E-state index < -0.39 is 0 Å². The molecule has 2 unspecified atom stereocenters. The molecule has 2 heterocycles. The highest BCUT2D eigenvalue weighted by Crippen LogP contribution is 2.42. The summed E-state index contributed by atoms with van der Waals surface area (Å²) in [4.78, 5) is 1.27. The van der Waals surface area contributed by atoms with Crippen molar-refractivity contribution < 1.29 is 4.74 Å². The van der Waals surface area contributed by atoms with Crippen molar-refractivity contribution in [3.63, 3.8) is 0 Å². The van der Waals surface area contributed by atoms with Gasteiger partial charge in [-0.15, -0.1) is 11.3 Å². The summed E-state index contributed by atoms with van der Waals surface area (Å²) >= 11 is 5.25. The van der Waals surface area contributed by atoms with Crippen molar-refractivity contribution >= 4 is 27.3 Å². The highest BCUT2D eigenvalue weighted by molar-refractivity contribution is 9.10. The van der Waals surface area contributed by atoms with Crippen LogP contribution in [0.3, 0.4) is 0 Å². The molecule has 2 nitrogen and oxygen atoms in total. The van der Waals surface area contributed by atoms with Gasteiger partial charge in [0.15, 0.2) is 0 Å². The molecule has 0 spiro atoms. The third kappa shape index (κ3) is 2.20. The number of hydrogen-bond acceptors (Lipinski definition) is 3.